The summed E-state index contributed by atoms with van der Waals surface area (Å²) in [7, 11) is 0. The van der Waals surface area contributed by atoms with Crippen molar-refractivity contribution in [1.29, 1.82) is 0 Å². The van der Waals surface area contributed by atoms with Crippen molar-refractivity contribution in [3.63, 3.8) is 0 Å². The fourth-order valence-electron chi connectivity index (χ4n) is 2.15. The number of carbonyl (C=O) groups is 2. The van der Waals surface area contributed by atoms with Crippen LogP contribution in [0.15, 0.2) is 30.3 Å². The molecule has 5 heteroatoms. The molecule has 0 heterocycles. The van der Waals surface area contributed by atoms with Crippen molar-refractivity contribution < 1.29 is 14.7 Å². The Morgan fingerprint density at radius 1 is 1.12 bits per heavy atom. The highest BCUT2D eigenvalue weighted by Gasteiger charge is 2.27. The summed E-state index contributed by atoms with van der Waals surface area (Å²) in [4.78, 5) is 24.6. The molecule has 0 spiro atoms. The highest BCUT2D eigenvalue weighted by atomic mass is 16.3. The Kier molecular flexibility index (Phi) is 7.42. The van der Waals surface area contributed by atoms with Crippen molar-refractivity contribution in [2.24, 2.45) is 11.3 Å². The van der Waals surface area contributed by atoms with Gasteiger partial charge in [-0.2, -0.15) is 0 Å². The molecule has 0 saturated heterocycles. The van der Waals surface area contributed by atoms with Gasteiger partial charge >= 0.3 is 0 Å². The van der Waals surface area contributed by atoms with E-state index in [2.05, 4.69) is 10.6 Å². The molecule has 1 aromatic rings. The maximum Gasteiger partial charge on any atom is 0.242 e. The zero-order valence-corrected chi connectivity index (χ0v) is 15.3. The topological polar surface area (TPSA) is 78.4 Å². The molecule has 24 heavy (non-hydrogen) atoms. The minimum atomic E-state index is -0.644. The fourth-order valence-corrected chi connectivity index (χ4v) is 2.15. The normalized spacial score (nSPS) is 14.1. The molecule has 0 aliphatic heterocycles. The third-order valence-electron chi connectivity index (χ3n) is 3.94. The molecule has 2 amide bonds. The molecule has 2 atom stereocenters. The summed E-state index contributed by atoms with van der Waals surface area (Å²) in [5.41, 5.74) is 0.595. The quantitative estimate of drug-likeness (QED) is 0.712. The Hall–Kier alpha value is -1.88. The lowest BCUT2D eigenvalue weighted by Crippen LogP contribution is -2.52. The van der Waals surface area contributed by atoms with Crippen LogP contribution in [0.25, 0.3) is 0 Å². The monoisotopic (exact) mass is 334 g/mol. The zero-order valence-electron chi connectivity index (χ0n) is 15.3. The van der Waals surface area contributed by atoms with Gasteiger partial charge in [0.05, 0.1) is 12.5 Å². The van der Waals surface area contributed by atoms with Crippen molar-refractivity contribution in [1.82, 2.24) is 10.6 Å². The molecule has 5 nitrogen and oxygen atoms in total. The Bertz CT molecular complexity index is 535. The number of aliphatic hydroxyl groups is 1. The summed E-state index contributed by atoms with van der Waals surface area (Å²) in [6.45, 7) is 9.66. The first-order chi connectivity index (χ1) is 11.1. The van der Waals surface area contributed by atoms with Crippen LogP contribution in [-0.2, 0) is 16.0 Å². The third-order valence-corrected chi connectivity index (χ3v) is 3.94. The van der Waals surface area contributed by atoms with Crippen LogP contribution in [0.3, 0.4) is 0 Å². The van der Waals surface area contributed by atoms with Crippen molar-refractivity contribution in [2.75, 3.05) is 6.54 Å². The van der Waals surface area contributed by atoms with E-state index in [-0.39, 0.29) is 36.1 Å². The average molecular weight is 334 g/mol. The summed E-state index contributed by atoms with van der Waals surface area (Å²) in [5.74, 6) is -0.502. The maximum atomic E-state index is 12.4. The van der Waals surface area contributed by atoms with E-state index in [9.17, 15) is 14.7 Å². The molecule has 0 fully saturated rings. The number of hydrogen-bond donors (Lipinski definition) is 3. The van der Waals surface area contributed by atoms with E-state index in [1.165, 1.54) is 0 Å². The van der Waals surface area contributed by atoms with Crippen LogP contribution in [0.4, 0.5) is 0 Å². The first-order valence-electron chi connectivity index (χ1n) is 8.40. The van der Waals surface area contributed by atoms with Gasteiger partial charge in [0.2, 0.25) is 11.8 Å². The van der Waals surface area contributed by atoms with E-state index in [0.717, 1.165) is 5.56 Å². The molecule has 0 aromatic heterocycles. The molecule has 0 aliphatic rings. The summed E-state index contributed by atoms with van der Waals surface area (Å²) in [6.07, 6.45) is -0.406. The lowest BCUT2D eigenvalue weighted by molar-refractivity contribution is -0.130. The van der Waals surface area contributed by atoms with Crippen molar-refractivity contribution in [3.05, 3.63) is 35.9 Å². The second kappa shape index (κ2) is 8.83. The van der Waals surface area contributed by atoms with E-state index in [1.54, 1.807) is 0 Å². The van der Waals surface area contributed by atoms with Crippen LogP contribution >= 0.6 is 0 Å². The van der Waals surface area contributed by atoms with Crippen LogP contribution in [0.5, 0.6) is 0 Å². The highest BCUT2D eigenvalue weighted by Crippen LogP contribution is 2.18. The van der Waals surface area contributed by atoms with Crippen molar-refractivity contribution >= 4 is 11.8 Å². The van der Waals surface area contributed by atoms with Gasteiger partial charge < -0.3 is 15.7 Å². The number of amides is 2. The van der Waals surface area contributed by atoms with Crippen LogP contribution in [-0.4, -0.2) is 35.6 Å². The number of benzene rings is 1. The Morgan fingerprint density at radius 2 is 1.71 bits per heavy atom. The van der Waals surface area contributed by atoms with Crippen LogP contribution in [0.2, 0.25) is 0 Å². The van der Waals surface area contributed by atoms with Gasteiger partial charge in [-0.05, 0) is 16.9 Å². The highest BCUT2D eigenvalue weighted by molar-refractivity contribution is 5.88. The predicted molar refractivity (Wildman–Crippen MR) is 95.4 cm³/mol. The molecular weight excluding hydrogens is 304 g/mol. The van der Waals surface area contributed by atoms with Gasteiger partial charge in [0.25, 0.3) is 0 Å². The smallest absolute Gasteiger partial charge is 0.242 e. The summed E-state index contributed by atoms with van der Waals surface area (Å²) in [6, 6.07) is 8.79. The minimum Gasteiger partial charge on any atom is -0.391 e. The average Bonchev–Trinajstić information content (AvgIpc) is 2.49. The Labute approximate surface area is 144 Å². The lowest BCUT2D eigenvalue weighted by Gasteiger charge is -2.28. The lowest BCUT2D eigenvalue weighted by atomic mass is 9.89. The van der Waals surface area contributed by atoms with Crippen LogP contribution < -0.4 is 10.6 Å². The standard InChI is InChI=1S/C19H30N2O3/c1-13(2)17(18(24)20-12-15(22)19(3,4)5)21-16(23)11-14-9-7-6-8-10-14/h6-10,13,15,17,22H,11-12H2,1-5H3,(H,20,24)(H,21,23). The number of nitrogens with one attached hydrogen (secondary N) is 2. The van der Waals surface area contributed by atoms with Crippen molar-refractivity contribution in [3.8, 4) is 0 Å². The first-order valence-corrected chi connectivity index (χ1v) is 8.40. The second-order valence-corrected chi connectivity index (χ2v) is 7.58. The van der Waals surface area contributed by atoms with Gasteiger partial charge in [0.15, 0.2) is 0 Å². The molecule has 2 unspecified atom stereocenters. The molecule has 3 N–H and O–H groups in total. The van der Waals surface area contributed by atoms with Gasteiger partial charge in [-0.15, -0.1) is 0 Å². The summed E-state index contributed by atoms with van der Waals surface area (Å²) in [5, 5.41) is 15.6. The SMILES string of the molecule is CC(C)C(NC(=O)Cc1ccccc1)C(=O)NCC(O)C(C)(C)C. The minimum absolute atomic E-state index is 0.0449. The Morgan fingerprint density at radius 3 is 2.21 bits per heavy atom. The predicted octanol–water partition coefficient (Wildman–Crippen LogP) is 1.89. The fraction of sp³-hybridized carbons (Fsp3) is 0.579. The van der Waals surface area contributed by atoms with Crippen LogP contribution in [0, 0.1) is 11.3 Å². The van der Waals surface area contributed by atoms with Gasteiger partial charge in [-0.3, -0.25) is 9.59 Å². The number of rotatable bonds is 7. The van der Waals surface area contributed by atoms with E-state index in [0.29, 0.717) is 0 Å². The van der Waals surface area contributed by atoms with E-state index >= 15 is 0 Å². The van der Waals surface area contributed by atoms with Gasteiger partial charge in [0.1, 0.15) is 6.04 Å². The second-order valence-electron chi connectivity index (χ2n) is 7.58. The van der Waals surface area contributed by atoms with Gasteiger partial charge in [-0.1, -0.05) is 65.0 Å². The molecule has 0 saturated carbocycles. The van der Waals surface area contributed by atoms with E-state index in [1.807, 2.05) is 65.0 Å². The third kappa shape index (κ3) is 6.71. The zero-order chi connectivity index (χ0) is 18.3. The molecule has 1 rings (SSSR count). The van der Waals surface area contributed by atoms with Crippen LogP contribution in [0.1, 0.15) is 40.2 Å². The summed E-state index contributed by atoms with van der Waals surface area (Å²) >= 11 is 0. The van der Waals surface area contributed by atoms with Gasteiger partial charge in [0, 0.05) is 6.54 Å². The molecule has 0 aliphatic carbocycles. The Balaban J connectivity index is 2.59. The van der Waals surface area contributed by atoms with Crippen molar-refractivity contribution in [2.45, 2.75) is 53.2 Å². The molecule has 0 radical (unpaired) electrons. The number of aliphatic hydroxyl groups excluding tert-OH is 1. The summed E-state index contributed by atoms with van der Waals surface area (Å²) < 4.78 is 0. The molecular formula is C19H30N2O3. The van der Waals surface area contributed by atoms with Gasteiger partial charge in [-0.25, -0.2) is 0 Å². The molecule has 134 valence electrons. The van der Waals surface area contributed by atoms with E-state index < -0.39 is 12.1 Å². The molecule has 1 aromatic carbocycles. The first kappa shape index (κ1) is 20.2. The number of hydrogen-bond acceptors (Lipinski definition) is 3. The van der Waals surface area contributed by atoms with E-state index in [4.69, 9.17) is 0 Å². The largest absolute Gasteiger partial charge is 0.391 e. The molecule has 0 bridgehead atoms. The number of carbonyl (C=O) groups excluding carboxylic acids is 2. The maximum absolute atomic E-state index is 12.4.